The lowest BCUT2D eigenvalue weighted by Gasteiger charge is -2.22. The second-order valence-corrected chi connectivity index (χ2v) is 6.26. The van der Waals surface area contributed by atoms with Gasteiger partial charge in [-0.15, -0.1) is 0 Å². The van der Waals surface area contributed by atoms with Crippen LogP contribution in [-0.4, -0.2) is 0 Å². The Morgan fingerprint density at radius 1 is 1.11 bits per heavy atom. The second kappa shape index (κ2) is 6.75. The molecular formula is C18H25N. The van der Waals surface area contributed by atoms with Crippen molar-refractivity contribution in [3.05, 3.63) is 35.4 Å². The molecule has 0 heterocycles. The van der Waals surface area contributed by atoms with Crippen molar-refractivity contribution in [1.29, 1.82) is 5.26 Å². The van der Waals surface area contributed by atoms with Crippen LogP contribution in [-0.2, 0) is 6.42 Å². The predicted octanol–water partition coefficient (Wildman–Crippen LogP) is 5.07. The molecular weight excluding hydrogens is 230 g/mol. The molecule has 0 spiro atoms. The zero-order valence-corrected chi connectivity index (χ0v) is 12.2. The maximum absolute atomic E-state index is 9.17. The molecule has 0 N–H and O–H groups in total. The van der Waals surface area contributed by atoms with Gasteiger partial charge in [0.1, 0.15) is 0 Å². The van der Waals surface area contributed by atoms with Crippen molar-refractivity contribution in [3.63, 3.8) is 0 Å². The van der Waals surface area contributed by atoms with E-state index in [4.69, 9.17) is 5.26 Å². The highest BCUT2D eigenvalue weighted by molar-refractivity contribution is 5.26. The second-order valence-electron chi connectivity index (χ2n) is 6.26. The molecule has 1 nitrogen and oxygen atoms in total. The van der Waals surface area contributed by atoms with E-state index in [9.17, 15) is 0 Å². The molecule has 1 fully saturated rings. The van der Waals surface area contributed by atoms with E-state index in [2.05, 4.69) is 44.2 Å². The third-order valence-electron chi connectivity index (χ3n) is 4.48. The summed E-state index contributed by atoms with van der Waals surface area (Å²) in [5.74, 6) is 1.35. The summed E-state index contributed by atoms with van der Waals surface area (Å²) >= 11 is 0. The molecule has 1 aliphatic carbocycles. The summed E-state index contributed by atoms with van der Waals surface area (Å²) in [4.78, 5) is 0. The standard InChI is InChI=1S/C18H25N/c1-14(2)18(13-19)12-15-8-10-17(11-9-15)16-6-4-3-5-7-16/h8-11,14,16,18H,3-7,12H2,1-2H3. The van der Waals surface area contributed by atoms with Crippen LogP contribution in [0, 0.1) is 23.2 Å². The average molecular weight is 255 g/mol. The van der Waals surface area contributed by atoms with Crippen LogP contribution in [0.25, 0.3) is 0 Å². The molecule has 1 heteroatoms. The quantitative estimate of drug-likeness (QED) is 0.736. The zero-order valence-electron chi connectivity index (χ0n) is 12.2. The maximum Gasteiger partial charge on any atom is 0.0661 e. The number of rotatable bonds is 4. The van der Waals surface area contributed by atoms with Crippen LogP contribution in [0.2, 0.25) is 0 Å². The van der Waals surface area contributed by atoms with Crippen LogP contribution >= 0.6 is 0 Å². The average Bonchev–Trinajstić information content (AvgIpc) is 2.46. The molecule has 102 valence electrons. The highest BCUT2D eigenvalue weighted by Gasteiger charge is 2.16. The first kappa shape index (κ1) is 14.1. The van der Waals surface area contributed by atoms with E-state index >= 15 is 0 Å². The molecule has 0 amide bonds. The van der Waals surface area contributed by atoms with Crippen molar-refractivity contribution in [2.75, 3.05) is 0 Å². The van der Waals surface area contributed by atoms with E-state index < -0.39 is 0 Å². The minimum absolute atomic E-state index is 0.139. The van der Waals surface area contributed by atoms with Crippen molar-refractivity contribution < 1.29 is 0 Å². The summed E-state index contributed by atoms with van der Waals surface area (Å²) in [7, 11) is 0. The van der Waals surface area contributed by atoms with Gasteiger partial charge < -0.3 is 0 Å². The molecule has 0 aromatic heterocycles. The molecule has 1 saturated carbocycles. The van der Waals surface area contributed by atoms with Crippen LogP contribution in [0.15, 0.2) is 24.3 Å². The van der Waals surface area contributed by atoms with Gasteiger partial charge in [-0.1, -0.05) is 57.4 Å². The summed E-state index contributed by atoms with van der Waals surface area (Å²) in [6.07, 6.45) is 7.77. The maximum atomic E-state index is 9.17. The summed E-state index contributed by atoms with van der Waals surface area (Å²) in [5, 5.41) is 9.17. The van der Waals surface area contributed by atoms with Gasteiger partial charge >= 0.3 is 0 Å². The summed E-state index contributed by atoms with van der Waals surface area (Å²) in [6, 6.07) is 11.5. The van der Waals surface area contributed by atoms with Gasteiger partial charge in [-0.3, -0.25) is 0 Å². The van der Waals surface area contributed by atoms with Crippen molar-refractivity contribution in [2.24, 2.45) is 11.8 Å². The summed E-state index contributed by atoms with van der Waals surface area (Å²) < 4.78 is 0. The van der Waals surface area contributed by atoms with E-state index in [1.165, 1.54) is 43.2 Å². The Bertz CT molecular complexity index is 418. The van der Waals surface area contributed by atoms with Crippen LogP contribution in [0.5, 0.6) is 0 Å². The molecule has 1 aromatic rings. The largest absolute Gasteiger partial charge is 0.198 e. The van der Waals surface area contributed by atoms with Gasteiger partial charge in [0.25, 0.3) is 0 Å². The molecule has 1 atom stereocenters. The first-order chi connectivity index (χ1) is 9.20. The molecule has 1 aliphatic rings. The fraction of sp³-hybridized carbons (Fsp3) is 0.611. The third kappa shape index (κ3) is 3.83. The minimum atomic E-state index is 0.139. The molecule has 0 radical (unpaired) electrons. The lowest BCUT2D eigenvalue weighted by molar-refractivity contribution is 0.443. The Balaban J connectivity index is 2.00. The van der Waals surface area contributed by atoms with E-state index in [0.717, 1.165) is 12.3 Å². The van der Waals surface area contributed by atoms with Gasteiger partial charge in [0.05, 0.1) is 12.0 Å². The number of hydrogen-bond donors (Lipinski definition) is 0. The lowest BCUT2D eigenvalue weighted by atomic mass is 9.83. The smallest absolute Gasteiger partial charge is 0.0661 e. The molecule has 1 unspecified atom stereocenters. The molecule has 1 aromatic carbocycles. The highest BCUT2D eigenvalue weighted by atomic mass is 14.3. The van der Waals surface area contributed by atoms with E-state index in [1.54, 1.807) is 0 Å². The topological polar surface area (TPSA) is 23.8 Å². The normalized spacial score (nSPS) is 18.2. The van der Waals surface area contributed by atoms with Gasteiger partial charge in [0.2, 0.25) is 0 Å². The van der Waals surface area contributed by atoms with Crippen LogP contribution < -0.4 is 0 Å². The van der Waals surface area contributed by atoms with Crippen molar-refractivity contribution >= 4 is 0 Å². The Morgan fingerprint density at radius 2 is 1.74 bits per heavy atom. The Kier molecular flexibility index (Phi) is 5.02. The van der Waals surface area contributed by atoms with Gasteiger partial charge in [0, 0.05) is 0 Å². The van der Waals surface area contributed by atoms with E-state index in [-0.39, 0.29) is 5.92 Å². The van der Waals surface area contributed by atoms with Gasteiger partial charge in [0.15, 0.2) is 0 Å². The van der Waals surface area contributed by atoms with Crippen molar-refractivity contribution in [1.82, 2.24) is 0 Å². The number of benzene rings is 1. The van der Waals surface area contributed by atoms with Crippen molar-refractivity contribution in [3.8, 4) is 6.07 Å². The Morgan fingerprint density at radius 3 is 2.26 bits per heavy atom. The first-order valence-corrected chi connectivity index (χ1v) is 7.69. The fourth-order valence-electron chi connectivity index (χ4n) is 3.05. The van der Waals surface area contributed by atoms with E-state index in [1.807, 2.05) is 0 Å². The molecule has 0 saturated heterocycles. The predicted molar refractivity (Wildman–Crippen MR) is 79.9 cm³/mol. The highest BCUT2D eigenvalue weighted by Crippen LogP contribution is 2.32. The summed E-state index contributed by atoms with van der Waals surface area (Å²) in [6.45, 7) is 4.26. The summed E-state index contributed by atoms with van der Waals surface area (Å²) in [5.41, 5.74) is 2.81. The van der Waals surface area contributed by atoms with Crippen LogP contribution in [0.3, 0.4) is 0 Å². The first-order valence-electron chi connectivity index (χ1n) is 7.69. The van der Waals surface area contributed by atoms with Gasteiger partial charge in [-0.2, -0.15) is 5.26 Å². The molecule has 19 heavy (non-hydrogen) atoms. The van der Waals surface area contributed by atoms with Crippen molar-refractivity contribution in [2.45, 2.75) is 58.3 Å². The molecule has 0 bridgehead atoms. The van der Waals surface area contributed by atoms with Crippen LogP contribution in [0.4, 0.5) is 0 Å². The third-order valence-corrected chi connectivity index (χ3v) is 4.48. The van der Waals surface area contributed by atoms with E-state index in [0.29, 0.717) is 5.92 Å². The monoisotopic (exact) mass is 255 g/mol. The molecule has 0 aliphatic heterocycles. The molecule has 2 rings (SSSR count). The SMILES string of the molecule is CC(C)C(C#N)Cc1ccc(C2CCCCC2)cc1. The zero-order chi connectivity index (χ0) is 13.7. The number of nitrogens with zero attached hydrogens (tertiary/aromatic N) is 1. The van der Waals surface area contributed by atoms with Gasteiger partial charge in [-0.25, -0.2) is 0 Å². The lowest BCUT2D eigenvalue weighted by Crippen LogP contribution is -2.10. The minimum Gasteiger partial charge on any atom is -0.198 e. The Labute approximate surface area is 117 Å². The number of hydrogen-bond acceptors (Lipinski definition) is 1. The number of nitriles is 1. The Hall–Kier alpha value is -1.29. The van der Waals surface area contributed by atoms with Gasteiger partial charge in [-0.05, 0) is 42.2 Å². The fourth-order valence-corrected chi connectivity index (χ4v) is 3.05. The van der Waals surface area contributed by atoms with Crippen LogP contribution in [0.1, 0.15) is 63.0 Å².